The molecule has 1 aromatic heterocycles. The highest BCUT2D eigenvalue weighted by molar-refractivity contribution is 5.23. The molecule has 0 saturated carbocycles. The maximum absolute atomic E-state index is 5.94. The van der Waals surface area contributed by atoms with E-state index in [0.717, 1.165) is 26.2 Å². The van der Waals surface area contributed by atoms with Crippen LogP contribution < -0.4 is 5.32 Å². The van der Waals surface area contributed by atoms with E-state index in [1.165, 1.54) is 11.3 Å². The van der Waals surface area contributed by atoms with Crippen molar-refractivity contribution in [1.82, 2.24) is 20.0 Å². The number of nitrogens with one attached hydrogen (secondary N) is 1. The van der Waals surface area contributed by atoms with Crippen LogP contribution in [0, 0.1) is 6.92 Å². The number of hydrogen-bond acceptors (Lipinski definition) is 4. The molecule has 0 radical (unpaired) electrons. The highest BCUT2D eigenvalue weighted by Crippen LogP contribution is 2.30. The summed E-state index contributed by atoms with van der Waals surface area (Å²) in [5, 5.41) is 7.60. The van der Waals surface area contributed by atoms with Gasteiger partial charge in [0.05, 0.1) is 24.9 Å². The monoisotopic (exact) mass is 252 g/mol. The van der Waals surface area contributed by atoms with Crippen LogP contribution in [-0.4, -0.2) is 54.1 Å². The fourth-order valence-corrected chi connectivity index (χ4v) is 2.72. The van der Waals surface area contributed by atoms with Gasteiger partial charge in [-0.1, -0.05) is 6.92 Å². The Bertz CT molecular complexity index is 388. The smallest absolute Gasteiger partial charge is 0.0897 e. The predicted octanol–water partition coefficient (Wildman–Crippen LogP) is 0.710. The molecule has 1 fully saturated rings. The lowest BCUT2D eigenvalue weighted by molar-refractivity contribution is -0.0688. The van der Waals surface area contributed by atoms with Gasteiger partial charge in [-0.05, 0) is 20.5 Å². The fourth-order valence-electron chi connectivity index (χ4n) is 2.72. The van der Waals surface area contributed by atoms with Crippen molar-refractivity contribution in [3.63, 3.8) is 0 Å². The van der Waals surface area contributed by atoms with Crippen LogP contribution in [0.3, 0.4) is 0 Å². The number of aromatic nitrogens is 2. The minimum atomic E-state index is 0.201. The predicted molar refractivity (Wildman–Crippen MR) is 71.6 cm³/mol. The first kappa shape index (κ1) is 13.5. The summed E-state index contributed by atoms with van der Waals surface area (Å²) in [6.45, 7) is 8.06. The molecule has 0 aliphatic carbocycles. The summed E-state index contributed by atoms with van der Waals surface area (Å²) in [6.07, 6.45) is 2.19. The summed E-state index contributed by atoms with van der Waals surface area (Å²) in [5.41, 5.74) is 2.52. The molecule has 2 heterocycles. The Morgan fingerprint density at radius 2 is 2.33 bits per heavy atom. The number of rotatable bonds is 4. The Morgan fingerprint density at radius 1 is 1.56 bits per heavy atom. The quantitative estimate of drug-likeness (QED) is 0.857. The molecule has 0 aromatic carbocycles. The van der Waals surface area contributed by atoms with E-state index in [4.69, 9.17) is 4.74 Å². The third-order valence-corrected chi connectivity index (χ3v) is 3.86. The second kappa shape index (κ2) is 5.82. The van der Waals surface area contributed by atoms with Crippen LogP contribution in [-0.2, 0) is 11.8 Å². The van der Waals surface area contributed by atoms with Crippen molar-refractivity contribution in [2.75, 3.05) is 33.3 Å². The highest BCUT2D eigenvalue weighted by Gasteiger charge is 2.34. The maximum Gasteiger partial charge on any atom is 0.0897 e. The lowest BCUT2D eigenvalue weighted by Crippen LogP contribution is -2.48. The van der Waals surface area contributed by atoms with Crippen molar-refractivity contribution in [2.24, 2.45) is 7.05 Å². The van der Waals surface area contributed by atoms with Crippen LogP contribution in [0.5, 0.6) is 0 Å². The molecule has 0 amide bonds. The topological polar surface area (TPSA) is 42.3 Å². The van der Waals surface area contributed by atoms with Gasteiger partial charge in [0, 0.05) is 31.4 Å². The minimum absolute atomic E-state index is 0.201. The molecule has 18 heavy (non-hydrogen) atoms. The van der Waals surface area contributed by atoms with E-state index in [0.29, 0.717) is 6.04 Å². The Kier molecular flexibility index (Phi) is 4.37. The van der Waals surface area contributed by atoms with Gasteiger partial charge < -0.3 is 10.1 Å². The average molecular weight is 252 g/mol. The third-order valence-electron chi connectivity index (χ3n) is 3.86. The number of hydrogen-bond donors (Lipinski definition) is 1. The van der Waals surface area contributed by atoms with E-state index >= 15 is 0 Å². The van der Waals surface area contributed by atoms with Crippen molar-refractivity contribution in [2.45, 2.75) is 26.0 Å². The summed E-state index contributed by atoms with van der Waals surface area (Å²) < 4.78 is 7.88. The van der Waals surface area contributed by atoms with Gasteiger partial charge in [-0.15, -0.1) is 0 Å². The van der Waals surface area contributed by atoms with Crippen LogP contribution in [0.1, 0.15) is 24.2 Å². The Morgan fingerprint density at radius 3 is 2.89 bits per heavy atom. The number of morpholine rings is 1. The lowest BCUT2D eigenvalue weighted by atomic mass is 9.98. The van der Waals surface area contributed by atoms with Crippen LogP contribution in [0.2, 0.25) is 0 Å². The zero-order valence-electron chi connectivity index (χ0n) is 11.8. The van der Waals surface area contributed by atoms with E-state index in [1.54, 1.807) is 0 Å². The molecule has 1 aromatic rings. The molecule has 1 aliphatic rings. The molecule has 0 spiro atoms. The number of ether oxygens (including phenoxy) is 1. The van der Waals surface area contributed by atoms with Crippen molar-refractivity contribution in [3.05, 3.63) is 17.5 Å². The van der Waals surface area contributed by atoms with Crippen LogP contribution >= 0.6 is 0 Å². The molecule has 0 bridgehead atoms. The normalized spacial score (nSPS) is 25.6. The van der Waals surface area contributed by atoms with Crippen LogP contribution in [0.4, 0.5) is 0 Å². The summed E-state index contributed by atoms with van der Waals surface area (Å²) >= 11 is 0. The van der Waals surface area contributed by atoms with Crippen LogP contribution in [0.15, 0.2) is 6.20 Å². The van der Waals surface area contributed by atoms with E-state index in [-0.39, 0.29) is 6.10 Å². The van der Waals surface area contributed by atoms with Gasteiger partial charge in [0.15, 0.2) is 0 Å². The lowest BCUT2D eigenvalue weighted by Gasteiger charge is -2.40. The SMILES string of the molecule is CCN1CCOC(CNC)C1c1cnn(C)c1C. The van der Waals surface area contributed by atoms with Crippen molar-refractivity contribution in [1.29, 1.82) is 0 Å². The van der Waals surface area contributed by atoms with Crippen molar-refractivity contribution >= 4 is 0 Å². The highest BCUT2D eigenvalue weighted by atomic mass is 16.5. The Balaban J connectivity index is 2.30. The van der Waals surface area contributed by atoms with Gasteiger partial charge in [0.25, 0.3) is 0 Å². The molecule has 2 rings (SSSR count). The standard InChI is InChI=1S/C13H24N4O/c1-5-17-6-7-18-12(9-14-3)13(17)11-8-15-16(4)10(11)2/h8,12-14H,5-7,9H2,1-4H3. The molecule has 2 atom stereocenters. The second-order valence-corrected chi connectivity index (χ2v) is 4.85. The molecule has 5 nitrogen and oxygen atoms in total. The molecule has 1 saturated heterocycles. The maximum atomic E-state index is 5.94. The molecular formula is C13H24N4O. The summed E-state index contributed by atoms with van der Waals surface area (Å²) in [4.78, 5) is 2.48. The van der Waals surface area contributed by atoms with E-state index in [9.17, 15) is 0 Å². The molecular weight excluding hydrogens is 228 g/mol. The molecule has 102 valence electrons. The van der Waals surface area contributed by atoms with E-state index < -0.39 is 0 Å². The first-order valence-corrected chi connectivity index (χ1v) is 6.67. The Labute approximate surface area is 109 Å². The number of aryl methyl sites for hydroxylation is 1. The van der Waals surface area contributed by atoms with E-state index in [2.05, 4.69) is 29.2 Å². The largest absolute Gasteiger partial charge is 0.374 e. The van der Waals surface area contributed by atoms with Crippen molar-refractivity contribution < 1.29 is 4.74 Å². The zero-order chi connectivity index (χ0) is 13.1. The molecule has 5 heteroatoms. The van der Waals surface area contributed by atoms with Gasteiger partial charge in [0.2, 0.25) is 0 Å². The number of likely N-dealkylation sites (N-methyl/N-ethyl adjacent to an activating group) is 2. The molecule has 1 N–H and O–H groups in total. The first-order chi connectivity index (χ1) is 8.69. The average Bonchev–Trinajstić information content (AvgIpc) is 2.70. The summed E-state index contributed by atoms with van der Waals surface area (Å²) in [6, 6.07) is 0.310. The van der Waals surface area contributed by atoms with Crippen molar-refractivity contribution in [3.8, 4) is 0 Å². The van der Waals surface area contributed by atoms with Gasteiger partial charge >= 0.3 is 0 Å². The van der Waals surface area contributed by atoms with Gasteiger partial charge in [-0.25, -0.2) is 0 Å². The zero-order valence-corrected chi connectivity index (χ0v) is 11.8. The van der Waals surface area contributed by atoms with Gasteiger partial charge in [-0.3, -0.25) is 9.58 Å². The third kappa shape index (κ3) is 2.43. The summed E-state index contributed by atoms with van der Waals surface area (Å²) in [7, 11) is 3.97. The second-order valence-electron chi connectivity index (χ2n) is 4.85. The number of nitrogens with zero attached hydrogens (tertiary/aromatic N) is 3. The Hall–Kier alpha value is -0.910. The first-order valence-electron chi connectivity index (χ1n) is 6.67. The molecule has 1 aliphatic heterocycles. The van der Waals surface area contributed by atoms with Gasteiger partial charge in [-0.2, -0.15) is 5.10 Å². The summed E-state index contributed by atoms with van der Waals surface area (Å²) in [5.74, 6) is 0. The minimum Gasteiger partial charge on any atom is -0.374 e. The van der Waals surface area contributed by atoms with E-state index in [1.807, 2.05) is 25.0 Å². The van der Waals surface area contributed by atoms with Gasteiger partial charge in [0.1, 0.15) is 0 Å². The molecule has 2 unspecified atom stereocenters. The fraction of sp³-hybridized carbons (Fsp3) is 0.769. The van der Waals surface area contributed by atoms with Crippen LogP contribution in [0.25, 0.3) is 0 Å².